The minimum absolute atomic E-state index is 0.630. The third-order valence-electron chi connectivity index (χ3n) is 2.76. The number of hydrogen-bond acceptors (Lipinski definition) is 2. The van der Waals surface area contributed by atoms with E-state index in [0.717, 1.165) is 24.5 Å². The Morgan fingerprint density at radius 1 is 1.20 bits per heavy atom. The molecule has 0 radical (unpaired) electrons. The molecule has 2 nitrogen and oxygen atoms in total. The molecule has 0 aliphatic rings. The molecule has 1 atom stereocenters. The molecule has 2 heteroatoms. The van der Waals surface area contributed by atoms with E-state index in [-0.39, 0.29) is 0 Å². The lowest BCUT2D eigenvalue weighted by Gasteiger charge is -2.14. The highest BCUT2D eigenvalue weighted by molar-refractivity contribution is 5.06. The molecule has 0 aliphatic carbocycles. The van der Waals surface area contributed by atoms with Crippen molar-refractivity contribution in [2.75, 3.05) is 0 Å². The van der Waals surface area contributed by atoms with E-state index in [2.05, 4.69) is 38.2 Å². The van der Waals surface area contributed by atoms with Crippen molar-refractivity contribution >= 4 is 0 Å². The molecule has 0 aromatic carbocycles. The van der Waals surface area contributed by atoms with Crippen LogP contribution in [0.25, 0.3) is 0 Å². The first-order valence-electron chi connectivity index (χ1n) is 6.11. The summed E-state index contributed by atoms with van der Waals surface area (Å²) in [6, 6.07) is 4.77. The lowest BCUT2D eigenvalue weighted by Crippen LogP contribution is -2.27. The van der Waals surface area contributed by atoms with Gasteiger partial charge in [-0.15, -0.1) is 0 Å². The monoisotopic (exact) mass is 209 g/mol. The predicted molar refractivity (Wildman–Crippen MR) is 63.9 cm³/mol. The Hall–Kier alpha value is -0.760. The predicted octanol–water partition coefficient (Wildman–Crippen LogP) is 3.51. The summed E-state index contributed by atoms with van der Waals surface area (Å²) < 4.78 is 5.64. The van der Waals surface area contributed by atoms with Crippen molar-refractivity contribution in [1.82, 2.24) is 5.32 Å². The summed E-state index contributed by atoms with van der Waals surface area (Å²) in [7, 11) is 0. The minimum Gasteiger partial charge on any atom is -0.465 e. The highest BCUT2D eigenvalue weighted by Gasteiger charge is 2.05. The molecule has 0 amide bonds. The van der Waals surface area contributed by atoms with Gasteiger partial charge in [0.15, 0.2) is 0 Å². The fourth-order valence-corrected chi connectivity index (χ4v) is 1.75. The van der Waals surface area contributed by atoms with E-state index in [1.54, 1.807) is 0 Å². The van der Waals surface area contributed by atoms with Crippen molar-refractivity contribution in [1.29, 1.82) is 0 Å². The summed E-state index contributed by atoms with van der Waals surface area (Å²) in [6.45, 7) is 7.43. The first-order chi connectivity index (χ1) is 7.30. The van der Waals surface area contributed by atoms with Crippen LogP contribution in [-0.4, -0.2) is 6.04 Å². The number of nitrogens with one attached hydrogen (secondary N) is 1. The quantitative estimate of drug-likeness (QED) is 0.743. The molecule has 1 unspecified atom stereocenters. The Morgan fingerprint density at radius 3 is 2.47 bits per heavy atom. The lowest BCUT2D eigenvalue weighted by atomic mass is 10.1. The molecule has 0 spiro atoms. The zero-order chi connectivity index (χ0) is 11.1. The Balaban J connectivity index is 2.34. The Labute approximate surface area is 93.1 Å². The van der Waals surface area contributed by atoms with Crippen LogP contribution in [0, 0.1) is 0 Å². The van der Waals surface area contributed by atoms with E-state index in [9.17, 15) is 0 Å². The molecule has 0 aliphatic heterocycles. The van der Waals surface area contributed by atoms with Gasteiger partial charge >= 0.3 is 0 Å². The highest BCUT2D eigenvalue weighted by atomic mass is 16.3. The molecule has 15 heavy (non-hydrogen) atoms. The third-order valence-corrected chi connectivity index (χ3v) is 2.76. The summed E-state index contributed by atoms with van der Waals surface area (Å²) in [4.78, 5) is 0. The molecule has 1 N–H and O–H groups in total. The molecule has 1 rings (SSSR count). The summed E-state index contributed by atoms with van der Waals surface area (Å²) in [5.41, 5.74) is 0. The standard InChI is InChI=1S/C13H23NO/c1-4-7-11(5-2)14-10-13-9-8-12(6-3)15-13/h8-9,11,14H,4-7,10H2,1-3H3. The first-order valence-corrected chi connectivity index (χ1v) is 6.11. The molecule has 0 saturated carbocycles. The van der Waals surface area contributed by atoms with Crippen LogP contribution in [-0.2, 0) is 13.0 Å². The minimum atomic E-state index is 0.630. The van der Waals surface area contributed by atoms with Crippen LogP contribution in [0.4, 0.5) is 0 Å². The van der Waals surface area contributed by atoms with Crippen LogP contribution in [0.3, 0.4) is 0 Å². The summed E-state index contributed by atoms with van der Waals surface area (Å²) in [6.07, 6.45) is 4.66. The summed E-state index contributed by atoms with van der Waals surface area (Å²) in [5, 5.41) is 3.53. The van der Waals surface area contributed by atoms with E-state index in [4.69, 9.17) is 4.42 Å². The van der Waals surface area contributed by atoms with Crippen molar-refractivity contribution in [2.45, 2.75) is 59.0 Å². The molecular formula is C13H23NO. The van der Waals surface area contributed by atoms with Crippen molar-refractivity contribution < 1.29 is 4.42 Å². The maximum Gasteiger partial charge on any atom is 0.117 e. The Kier molecular flexibility index (Phi) is 5.48. The smallest absolute Gasteiger partial charge is 0.117 e. The number of rotatable bonds is 7. The number of aryl methyl sites for hydroxylation is 1. The molecule has 1 aromatic heterocycles. The van der Waals surface area contributed by atoms with Gasteiger partial charge in [-0.2, -0.15) is 0 Å². The van der Waals surface area contributed by atoms with Gasteiger partial charge in [0.25, 0.3) is 0 Å². The first kappa shape index (κ1) is 12.3. The Bertz CT molecular complexity index is 267. The van der Waals surface area contributed by atoms with Gasteiger partial charge in [0.05, 0.1) is 6.54 Å². The van der Waals surface area contributed by atoms with Crippen molar-refractivity contribution in [3.8, 4) is 0 Å². The van der Waals surface area contributed by atoms with Crippen molar-refractivity contribution in [3.05, 3.63) is 23.7 Å². The zero-order valence-electron chi connectivity index (χ0n) is 10.2. The molecule has 1 heterocycles. The topological polar surface area (TPSA) is 25.2 Å². The van der Waals surface area contributed by atoms with Gasteiger partial charge in [-0.3, -0.25) is 0 Å². The van der Waals surface area contributed by atoms with Crippen molar-refractivity contribution in [3.63, 3.8) is 0 Å². The van der Waals surface area contributed by atoms with Gasteiger partial charge in [-0.1, -0.05) is 27.2 Å². The van der Waals surface area contributed by atoms with E-state index >= 15 is 0 Å². The van der Waals surface area contributed by atoms with Crippen LogP contribution >= 0.6 is 0 Å². The maximum absolute atomic E-state index is 5.64. The van der Waals surface area contributed by atoms with E-state index in [0.29, 0.717) is 6.04 Å². The van der Waals surface area contributed by atoms with Gasteiger partial charge in [0, 0.05) is 12.5 Å². The van der Waals surface area contributed by atoms with Crippen molar-refractivity contribution in [2.24, 2.45) is 0 Å². The van der Waals surface area contributed by atoms with Crippen LogP contribution in [0.15, 0.2) is 16.5 Å². The van der Waals surface area contributed by atoms with E-state index < -0.39 is 0 Å². The third kappa shape index (κ3) is 4.08. The van der Waals surface area contributed by atoms with E-state index in [1.807, 2.05) is 0 Å². The van der Waals surface area contributed by atoms with Crippen LogP contribution in [0.1, 0.15) is 51.6 Å². The summed E-state index contributed by atoms with van der Waals surface area (Å²) in [5.74, 6) is 2.14. The SMILES string of the molecule is CCCC(CC)NCc1ccc(CC)o1. The largest absolute Gasteiger partial charge is 0.465 e. The molecule has 0 saturated heterocycles. The van der Waals surface area contributed by atoms with Crippen LogP contribution in [0.2, 0.25) is 0 Å². The van der Waals surface area contributed by atoms with Gasteiger partial charge in [0.2, 0.25) is 0 Å². The fourth-order valence-electron chi connectivity index (χ4n) is 1.75. The molecule has 1 aromatic rings. The number of furan rings is 1. The van der Waals surface area contributed by atoms with Crippen LogP contribution in [0.5, 0.6) is 0 Å². The highest BCUT2D eigenvalue weighted by Crippen LogP contribution is 2.09. The maximum atomic E-state index is 5.64. The zero-order valence-corrected chi connectivity index (χ0v) is 10.2. The Morgan fingerprint density at radius 2 is 1.93 bits per heavy atom. The second kappa shape index (κ2) is 6.67. The molecule has 0 bridgehead atoms. The van der Waals surface area contributed by atoms with Gasteiger partial charge < -0.3 is 9.73 Å². The van der Waals surface area contributed by atoms with Gasteiger partial charge in [-0.05, 0) is 25.0 Å². The molecule has 86 valence electrons. The second-order valence-corrected chi connectivity index (χ2v) is 4.00. The van der Waals surface area contributed by atoms with Gasteiger partial charge in [-0.25, -0.2) is 0 Å². The number of hydrogen-bond donors (Lipinski definition) is 1. The molecule has 0 fully saturated rings. The second-order valence-electron chi connectivity index (χ2n) is 4.00. The normalized spacial score (nSPS) is 13.0. The summed E-state index contributed by atoms with van der Waals surface area (Å²) >= 11 is 0. The van der Waals surface area contributed by atoms with E-state index in [1.165, 1.54) is 19.3 Å². The fraction of sp³-hybridized carbons (Fsp3) is 0.692. The molecular weight excluding hydrogens is 186 g/mol. The van der Waals surface area contributed by atoms with Crippen LogP contribution < -0.4 is 5.32 Å². The lowest BCUT2D eigenvalue weighted by molar-refractivity contribution is 0.406. The average Bonchev–Trinajstić information content (AvgIpc) is 2.72. The average molecular weight is 209 g/mol. The van der Waals surface area contributed by atoms with Gasteiger partial charge in [0.1, 0.15) is 11.5 Å².